The van der Waals surface area contributed by atoms with Gasteiger partial charge < -0.3 is 10.4 Å². The molecule has 0 saturated carbocycles. The van der Waals surface area contributed by atoms with Crippen molar-refractivity contribution in [1.29, 1.82) is 0 Å². The minimum atomic E-state index is -1.45. The quantitative estimate of drug-likeness (QED) is 0.651. The lowest BCUT2D eigenvalue weighted by atomic mass is 9.96. The van der Waals surface area contributed by atoms with Crippen LogP contribution in [0.4, 0.5) is 5.69 Å². The molecule has 0 unspecified atom stereocenters. The fraction of sp³-hybridized carbons (Fsp3) is 0.0667. The van der Waals surface area contributed by atoms with Crippen molar-refractivity contribution >= 4 is 17.4 Å². The summed E-state index contributed by atoms with van der Waals surface area (Å²) in [6, 6.07) is 14.1. The Morgan fingerprint density at radius 3 is 2.16 bits per heavy atom. The van der Waals surface area contributed by atoms with Gasteiger partial charge in [0.25, 0.3) is 5.78 Å². The summed E-state index contributed by atoms with van der Waals surface area (Å²) in [6.45, 7) is 0. The summed E-state index contributed by atoms with van der Waals surface area (Å²) in [6.07, 6.45) is 0. The Morgan fingerprint density at radius 1 is 0.947 bits per heavy atom. The van der Waals surface area contributed by atoms with Crippen molar-refractivity contribution in [3.05, 3.63) is 54.1 Å². The van der Waals surface area contributed by atoms with Gasteiger partial charge in [0.2, 0.25) is 0 Å². The average Bonchev–Trinajstić information content (AvgIpc) is 2.46. The van der Waals surface area contributed by atoms with Gasteiger partial charge in [0.1, 0.15) is 0 Å². The molecule has 0 aliphatic heterocycles. The largest absolute Gasteiger partial charge is 0.475 e. The van der Waals surface area contributed by atoms with Gasteiger partial charge in [0.15, 0.2) is 0 Å². The highest BCUT2D eigenvalue weighted by molar-refractivity contribution is 6.41. The first kappa shape index (κ1) is 12.8. The Labute approximate surface area is 110 Å². The molecule has 0 atom stereocenters. The molecule has 0 aliphatic rings. The van der Waals surface area contributed by atoms with Gasteiger partial charge in [0.05, 0.1) is 0 Å². The highest BCUT2D eigenvalue weighted by Crippen LogP contribution is 2.30. The van der Waals surface area contributed by atoms with E-state index in [4.69, 9.17) is 5.11 Å². The van der Waals surface area contributed by atoms with Crippen LogP contribution >= 0.6 is 0 Å². The predicted octanol–water partition coefficient (Wildman–Crippen LogP) is 2.66. The van der Waals surface area contributed by atoms with E-state index in [-0.39, 0.29) is 5.56 Å². The molecular formula is C15H13NO3. The maximum atomic E-state index is 11.7. The highest BCUT2D eigenvalue weighted by atomic mass is 16.4. The Morgan fingerprint density at radius 2 is 1.53 bits per heavy atom. The smallest absolute Gasteiger partial charge is 0.377 e. The molecule has 2 N–H and O–H groups in total. The van der Waals surface area contributed by atoms with Gasteiger partial charge >= 0.3 is 5.97 Å². The van der Waals surface area contributed by atoms with Crippen molar-refractivity contribution in [1.82, 2.24) is 0 Å². The topological polar surface area (TPSA) is 66.4 Å². The zero-order chi connectivity index (χ0) is 13.8. The maximum Gasteiger partial charge on any atom is 0.377 e. The third kappa shape index (κ3) is 2.47. The number of anilines is 1. The normalized spacial score (nSPS) is 9.95. The molecule has 0 radical (unpaired) electrons. The van der Waals surface area contributed by atoms with E-state index in [1.807, 2.05) is 24.3 Å². The first-order valence-electron chi connectivity index (χ1n) is 5.79. The van der Waals surface area contributed by atoms with Crippen molar-refractivity contribution in [2.75, 3.05) is 12.4 Å². The third-order valence-electron chi connectivity index (χ3n) is 2.85. The van der Waals surface area contributed by atoms with Crippen LogP contribution in [0.15, 0.2) is 48.5 Å². The number of Topliss-reactive ketones (excluding diaryl/α,β-unsaturated/α-hetero) is 1. The summed E-state index contributed by atoms with van der Waals surface area (Å²) in [5.41, 5.74) is 2.45. The summed E-state index contributed by atoms with van der Waals surface area (Å²) >= 11 is 0. The molecule has 4 nitrogen and oxygen atoms in total. The number of ketones is 1. The maximum absolute atomic E-state index is 11.7. The van der Waals surface area contributed by atoms with Gasteiger partial charge in [-0.25, -0.2) is 4.79 Å². The Bertz CT molecular complexity index is 635. The predicted molar refractivity (Wildman–Crippen MR) is 73.4 cm³/mol. The van der Waals surface area contributed by atoms with Gasteiger partial charge in [-0.05, 0) is 11.6 Å². The van der Waals surface area contributed by atoms with E-state index in [1.165, 1.54) is 6.07 Å². The minimum absolute atomic E-state index is 0.192. The van der Waals surface area contributed by atoms with E-state index in [9.17, 15) is 9.59 Å². The van der Waals surface area contributed by atoms with Gasteiger partial charge in [-0.1, -0.05) is 42.5 Å². The number of nitrogens with one attached hydrogen (secondary N) is 1. The number of benzene rings is 2. The van der Waals surface area contributed by atoms with Gasteiger partial charge in [-0.3, -0.25) is 4.79 Å². The lowest BCUT2D eigenvalue weighted by Gasteiger charge is -2.11. The Balaban J connectivity index is 2.63. The Hall–Kier alpha value is -2.62. The fourth-order valence-corrected chi connectivity index (χ4v) is 1.97. The molecule has 2 aromatic rings. The number of aliphatic carboxylic acids is 1. The number of carboxylic acids is 1. The summed E-state index contributed by atoms with van der Waals surface area (Å²) in [4.78, 5) is 22.6. The Kier molecular flexibility index (Phi) is 3.61. The zero-order valence-corrected chi connectivity index (χ0v) is 10.4. The van der Waals surface area contributed by atoms with Crippen LogP contribution < -0.4 is 5.32 Å². The first-order chi connectivity index (χ1) is 9.15. The van der Waals surface area contributed by atoms with E-state index in [2.05, 4.69) is 5.32 Å². The molecule has 4 heteroatoms. The number of carboxylic acid groups (broad SMARTS) is 1. The second-order valence-electron chi connectivity index (χ2n) is 3.98. The molecule has 19 heavy (non-hydrogen) atoms. The molecule has 0 saturated heterocycles. The average molecular weight is 255 g/mol. The van der Waals surface area contributed by atoms with Crippen LogP contribution in [0.1, 0.15) is 10.4 Å². The van der Waals surface area contributed by atoms with Crippen molar-refractivity contribution in [3.8, 4) is 11.1 Å². The molecule has 96 valence electrons. The van der Waals surface area contributed by atoms with E-state index in [0.29, 0.717) is 5.56 Å². The van der Waals surface area contributed by atoms with E-state index >= 15 is 0 Å². The number of rotatable bonds is 4. The molecule has 2 rings (SSSR count). The van der Waals surface area contributed by atoms with E-state index in [0.717, 1.165) is 11.3 Å². The summed E-state index contributed by atoms with van der Waals surface area (Å²) in [5.74, 6) is -2.35. The molecule has 2 aromatic carbocycles. The van der Waals surface area contributed by atoms with Crippen LogP contribution in [0.3, 0.4) is 0 Å². The number of para-hydroxylation sites is 1. The lowest BCUT2D eigenvalue weighted by Crippen LogP contribution is -2.13. The molecule has 0 spiro atoms. The van der Waals surface area contributed by atoms with Gasteiger partial charge in [-0.2, -0.15) is 0 Å². The van der Waals surface area contributed by atoms with Crippen LogP contribution in [-0.4, -0.2) is 23.9 Å². The second kappa shape index (κ2) is 5.35. The van der Waals surface area contributed by atoms with Gasteiger partial charge in [-0.15, -0.1) is 0 Å². The zero-order valence-electron chi connectivity index (χ0n) is 10.4. The van der Waals surface area contributed by atoms with E-state index in [1.54, 1.807) is 25.2 Å². The van der Waals surface area contributed by atoms with Gasteiger partial charge in [0, 0.05) is 23.9 Å². The number of hydrogen-bond acceptors (Lipinski definition) is 3. The summed E-state index contributed by atoms with van der Waals surface area (Å²) < 4.78 is 0. The summed E-state index contributed by atoms with van der Waals surface area (Å²) in [5, 5.41) is 11.9. The van der Waals surface area contributed by atoms with Crippen molar-refractivity contribution in [2.45, 2.75) is 0 Å². The second-order valence-corrected chi connectivity index (χ2v) is 3.98. The molecule has 0 amide bonds. The van der Waals surface area contributed by atoms with Crippen LogP contribution in [0, 0.1) is 0 Å². The lowest BCUT2D eigenvalue weighted by molar-refractivity contribution is -0.131. The molecular weight excluding hydrogens is 242 g/mol. The van der Waals surface area contributed by atoms with Crippen LogP contribution in [0.25, 0.3) is 11.1 Å². The fourth-order valence-electron chi connectivity index (χ4n) is 1.97. The third-order valence-corrected chi connectivity index (χ3v) is 2.85. The highest BCUT2D eigenvalue weighted by Gasteiger charge is 2.19. The monoisotopic (exact) mass is 255 g/mol. The van der Waals surface area contributed by atoms with E-state index < -0.39 is 11.8 Å². The van der Waals surface area contributed by atoms with Crippen molar-refractivity contribution in [3.63, 3.8) is 0 Å². The van der Waals surface area contributed by atoms with Crippen molar-refractivity contribution in [2.24, 2.45) is 0 Å². The summed E-state index contributed by atoms with van der Waals surface area (Å²) in [7, 11) is 1.78. The minimum Gasteiger partial charge on any atom is -0.475 e. The number of carbonyl (C=O) groups is 2. The molecule has 0 heterocycles. The number of hydrogen-bond donors (Lipinski definition) is 2. The number of carbonyl (C=O) groups excluding carboxylic acids is 1. The molecule has 0 bridgehead atoms. The standard InChI is InChI=1S/C15H13NO3/c1-16-13-9-5-4-7-11(13)10-6-2-3-8-12(10)14(17)15(18)19/h2-9,16H,1H3,(H,18,19). The molecule has 0 fully saturated rings. The SMILES string of the molecule is CNc1ccccc1-c1ccccc1C(=O)C(=O)O. The first-order valence-corrected chi connectivity index (χ1v) is 5.79. The molecule has 0 aliphatic carbocycles. The van der Waals surface area contributed by atoms with Crippen LogP contribution in [0.2, 0.25) is 0 Å². The van der Waals surface area contributed by atoms with Crippen LogP contribution in [-0.2, 0) is 4.79 Å². The van der Waals surface area contributed by atoms with Crippen molar-refractivity contribution < 1.29 is 14.7 Å². The van der Waals surface area contributed by atoms with Crippen LogP contribution in [0.5, 0.6) is 0 Å². The molecule has 0 aromatic heterocycles.